The molecule has 3 aromatic rings. The van der Waals surface area contributed by atoms with Crippen LogP contribution in [-0.4, -0.2) is 10.9 Å². The number of para-hydroxylation sites is 1. The number of rotatable bonds is 4. The van der Waals surface area contributed by atoms with Crippen molar-refractivity contribution in [1.29, 1.82) is 0 Å². The molecule has 1 amide bonds. The lowest BCUT2D eigenvalue weighted by Gasteiger charge is -2.11. The standard InChI is InChI=1S/C19H16BrN3O/c1-12(2)22-23-19(24)16-11-18(13-7-9-14(20)10-8-13)21-17-6-4-3-5-15(16)17/h3-11,22H,1H2,2H3,(H,23,24). The number of hydrogen-bond acceptors (Lipinski definition) is 3. The molecule has 0 unspecified atom stereocenters. The largest absolute Gasteiger partial charge is 0.303 e. The van der Waals surface area contributed by atoms with Gasteiger partial charge in [0.2, 0.25) is 0 Å². The number of pyridine rings is 1. The third kappa shape index (κ3) is 3.46. The monoisotopic (exact) mass is 381 g/mol. The van der Waals surface area contributed by atoms with E-state index in [1.807, 2.05) is 48.5 Å². The summed E-state index contributed by atoms with van der Waals surface area (Å²) in [7, 11) is 0. The van der Waals surface area contributed by atoms with Gasteiger partial charge in [0.05, 0.1) is 16.8 Å². The Balaban J connectivity index is 2.10. The second-order valence-corrected chi connectivity index (χ2v) is 6.35. The number of hydrazine groups is 1. The van der Waals surface area contributed by atoms with Crippen LogP contribution in [0, 0.1) is 0 Å². The zero-order valence-corrected chi connectivity index (χ0v) is 14.7. The molecular formula is C19H16BrN3O. The van der Waals surface area contributed by atoms with Crippen molar-refractivity contribution in [2.45, 2.75) is 6.92 Å². The summed E-state index contributed by atoms with van der Waals surface area (Å²) in [5, 5.41) is 0.805. The minimum Gasteiger partial charge on any atom is -0.303 e. The molecule has 3 rings (SSSR count). The number of allylic oxidation sites excluding steroid dienone is 1. The minimum absolute atomic E-state index is 0.227. The van der Waals surface area contributed by atoms with Crippen LogP contribution in [0.3, 0.4) is 0 Å². The van der Waals surface area contributed by atoms with Gasteiger partial charge in [-0.2, -0.15) is 0 Å². The van der Waals surface area contributed by atoms with Gasteiger partial charge in [-0.15, -0.1) is 0 Å². The van der Waals surface area contributed by atoms with Gasteiger partial charge in [-0.3, -0.25) is 10.2 Å². The van der Waals surface area contributed by atoms with E-state index in [1.165, 1.54) is 0 Å². The Morgan fingerprint density at radius 3 is 2.50 bits per heavy atom. The fraction of sp³-hybridized carbons (Fsp3) is 0.0526. The van der Waals surface area contributed by atoms with Crippen molar-refractivity contribution in [3.8, 4) is 11.3 Å². The van der Waals surface area contributed by atoms with Crippen LogP contribution in [0.5, 0.6) is 0 Å². The van der Waals surface area contributed by atoms with Crippen LogP contribution in [0.2, 0.25) is 0 Å². The molecule has 0 radical (unpaired) electrons. The first-order chi connectivity index (χ1) is 11.5. The van der Waals surface area contributed by atoms with Crippen molar-refractivity contribution < 1.29 is 4.79 Å². The van der Waals surface area contributed by atoms with Gasteiger partial charge in [-0.05, 0) is 31.2 Å². The lowest BCUT2D eigenvalue weighted by atomic mass is 10.0. The van der Waals surface area contributed by atoms with Crippen molar-refractivity contribution in [2.24, 2.45) is 0 Å². The first-order valence-corrected chi connectivity index (χ1v) is 8.21. The Morgan fingerprint density at radius 2 is 1.79 bits per heavy atom. The van der Waals surface area contributed by atoms with E-state index in [4.69, 9.17) is 0 Å². The van der Waals surface area contributed by atoms with Gasteiger partial charge in [0.15, 0.2) is 0 Å². The summed E-state index contributed by atoms with van der Waals surface area (Å²) in [5.41, 5.74) is 9.11. The number of aromatic nitrogens is 1. The number of halogens is 1. The number of hydrogen-bond donors (Lipinski definition) is 2. The molecule has 0 spiro atoms. The smallest absolute Gasteiger partial charge is 0.270 e. The Labute approximate surface area is 148 Å². The summed E-state index contributed by atoms with van der Waals surface area (Å²) < 4.78 is 0.996. The number of carbonyl (C=O) groups is 1. The molecule has 24 heavy (non-hydrogen) atoms. The van der Waals surface area contributed by atoms with Crippen molar-refractivity contribution >= 4 is 32.7 Å². The first kappa shape index (κ1) is 16.2. The SMILES string of the molecule is C=C(C)NNC(=O)c1cc(-c2ccc(Br)cc2)nc2ccccc12. The minimum atomic E-state index is -0.227. The van der Waals surface area contributed by atoms with Crippen LogP contribution < -0.4 is 10.9 Å². The molecule has 2 N–H and O–H groups in total. The molecule has 0 fully saturated rings. The number of benzene rings is 2. The van der Waals surface area contributed by atoms with E-state index in [-0.39, 0.29) is 5.91 Å². The van der Waals surface area contributed by atoms with E-state index >= 15 is 0 Å². The third-order valence-corrected chi connectivity index (χ3v) is 4.02. The number of amides is 1. The topological polar surface area (TPSA) is 54.0 Å². The number of fused-ring (bicyclic) bond motifs is 1. The van der Waals surface area contributed by atoms with Gasteiger partial charge in [0.25, 0.3) is 5.91 Å². The van der Waals surface area contributed by atoms with Crippen LogP contribution in [0.1, 0.15) is 17.3 Å². The molecule has 1 heterocycles. The summed E-state index contributed by atoms with van der Waals surface area (Å²) in [6.07, 6.45) is 0. The molecule has 4 nitrogen and oxygen atoms in total. The van der Waals surface area contributed by atoms with Gasteiger partial charge in [0, 0.05) is 21.1 Å². The van der Waals surface area contributed by atoms with E-state index in [9.17, 15) is 4.79 Å². The maximum Gasteiger partial charge on any atom is 0.270 e. The van der Waals surface area contributed by atoms with Crippen molar-refractivity contribution in [2.75, 3.05) is 0 Å². The van der Waals surface area contributed by atoms with Crippen LogP contribution in [-0.2, 0) is 0 Å². The molecule has 5 heteroatoms. The Bertz CT molecular complexity index is 920. The molecule has 0 bridgehead atoms. The zero-order valence-electron chi connectivity index (χ0n) is 13.1. The summed E-state index contributed by atoms with van der Waals surface area (Å²) in [6, 6.07) is 17.2. The lowest BCUT2D eigenvalue weighted by Crippen LogP contribution is -2.35. The fourth-order valence-electron chi connectivity index (χ4n) is 2.36. The summed E-state index contributed by atoms with van der Waals surface area (Å²) in [6.45, 7) is 5.49. The van der Waals surface area contributed by atoms with Gasteiger partial charge in [-0.1, -0.05) is 52.8 Å². The molecule has 0 aliphatic heterocycles. The highest BCUT2D eigenvalue weighted by Gasteiger charge is 2.13. The van der Waals surface area contributed by atoms with Gasteiger partial charge < -0.3 is 5.43 Å². The highest BCUT2D eigenvalue weighted by molar-refractivity contribution is 9.10. The quantitative estimate of drug-likeness (QED) is 0.657. The number of carbonyl (C=O) groups excluding carboxylic acids is 1. The molecule has 2 aromatic carbocycles. The van der Waals surface area contributed by atoms with Gasteiger partial charge in [0.1, 0.15) is 0 Å². The Hall–Kier alpha value is -2.66. The predicted octanol–water partition coefficient (Wildman–Crippen LogP) is 4.43. The van der Waals surface area contributed by atoms with Crippen molar-refractivity contribution in [3.05, 3.63) is 76.9 Å². The molecule has 0 aliphatic rings. The molecule has 0 saturated carbocycles. The lowest BCUT2D eigenvalue weighted by molar-refractivity contribution is 0.0940. The zero-order chi connectivity index (χ0) is 17.1. The van der Waals surface area contributed by atoms with Crippen molar-refractivity contribution in [1.82, 2.24) is 15.8 Å². The fourth-order valence-corrected chi connectivity index (χ4v) is 2.63. The van der Waals surface area contributed by atoms with E-state index in [0.29, 0.717) is 11.3 Å². The van der Waals surface area contributed by atoms with Gasteiger partial charge in [-0.25, -0.2) is 4.98 Å². The summed E-state index contributed by atoms with van der Waals surface area (Å²) >= 11 is 3.43. The molecular weight excluding hydrogens is 366 g/mol. The average Bonchev–Trinajstić information content (AvgIpc) is 2.59. The average molecular weight is 382 g/mol. The van der Waals surface area contributed by atoms with E-state index in [2.05, 4.69) is 38.3 Å². The van der Waals surface area contributed by atoms with E-state index in [0.717, 1.165) is 26.6 Å². The van der Waals surface area contributed by atoms with Crippen LogP contribution in [0.15, 0.2) is 71.3 Å². The molecule has 0 atom stereocenters. The van der Waals surface area contributed by atoms with Crippen molar-refractivity contribution in [3.63, 3.8) is 0 Å². The predicted molar refractivity (Wildman–Crippen MR) is 100 cm³/mol. The molecule has 1 aromatic heterocycles. The highest BCUT2D eigenvalue weighted by Crippen LogP contribution is 2.26. The van der Waals surface area contributed by atoms with Crippen LogP contribution >= 0.6 is 15.9 Å². The summed E-state index contributed by atoms with van der Waals surface area (Å²) in [4.78, 5) is 17.2. The summed E-state index contributed by atoms with van der Waals surface area (Å²) in [5.74, 6) is -0.227. The normalized spacial score (nSPS) is 10.4. The van der Waals surface area contributed by atoms with E-state index in [1.54, 1.807) is 13.0 Å². The molecule has 120 valence electrons. The molecule has 0 saturated heterocycles. The number of nitrogens with zero attached hydrogens (tertiary/aromatic N) is 1. The second kappa shape index (κ2) is 6.84. The molecule has 0 aliphatic carbocycles. The maximum absolute atomic E-state index is 12.6. The van der Waals surface area contributed by atoms with Crippen LogP contribution in [0.25, 0.3) is 22.2 Å². The maximum atomic E-state index is 12.6. The third-order valence-electron chi connectivity index (χ3n) is 3.49. The number of nitrogens with one attached hydrogen (secondary N) is 2. The highest BCUT2D eigenvalue weighted by atomic mass is 79.9. The second-order valence-electron chi connectivity index (χ2n) is 5.44. The van der Waals surface area contributed by atoms with Crippen LogP contribution in [0.4, 0.5) is 0 Å². The van der Waals surface area contributed by atoms with E-state index < -0.39 is 0 Å². The van der Waals surface area contributed by atoms with Gasteiger partial charge >= 0.3 is 0 Å². The Morgan fingerprint density at radius 1 is 1.08 bits per heavy atom. The Kier molecular flexibility index (Phi) is 4.62. The first-order valence-electron chi connectivity index (χ1n) is 7.42.